The number of hydrogen-bond acceptors (Lipinski definition) is 4. The Labute approximate surface area is 119 Å². The van der Waals surface area contributed by atoms with Gasteiger partial charge in [0, 0.05) is 24.8 Å². The van der Waals surface area contributed by atoms with Crippen molar-refractivity contribution in [2.75, 3.05) is 18.9 Å². The molecular weight excluding hydrogens is 252 g/mol. The van der Waals surface area contributed by atoms with Gasteiger partial charge in [-0.25, -0.2) is 4.98 Å². The molecule has 2 bridgehead atoms. The molecule has 2 aliphatic rings. The van der Waals surface area contributed by atoms with Gasteiger partial charge < -0.3 is 16.0 Å². The van der Waals surface area contributed by atoms with Gasteiger partial charge in [0.05, 0.1) is 5.56 Å². The second-order valence-electron chi connectivity index (χ2n) is 6.03. The largest absolute Gasteiger partial charge is 0.369 e. The first-order chi connectivity index (χ1) is 9.65. The molecule has 2 aliphatic heterocycles. The van der Waals surface area contributed by atoms with Crippen molar-refractivity contribution in [2.45, 2.75) is 37.8 Å². The number of hydrogen-bond donors (Lipinski definition) is 2. The molecule has 2 unspecified atom stereocenters. The monoisotopic (exact) mass is 274 g/mol. The van der Waals surface area contributed by atoms with E-state index in [0.717, 1.165) is 18.6 Å². The van der Waals surface area contributed by atoms with Gasteiger partial charge in [-0.1, -0.05) is 0 Å². The molecule has 0 aliphatic carbocycles. The zero-order valence-electron chi connectivity index (χ0n) is 11.9. The Bertz CT molecular complexity index is 490. The number of anilines is 1. The minimum absolute atomic E-state index is 0.427. The molecule has 3 heterocycles. The maximum atomic E-state index is 11.4. The highest BCUT2D eigenvalue weighted by Gasteiger charge is 2.38. The van der Waals surface area contributed by atoms with Crippen LogP contribution < -0.4 is 11.1 Å². The van der Waals surface area contributed by atoms with Gasteiger partial charge in [-0.15, -0.1) is 0 Å². The summed E-state index contributed by atoms with van der Waals surface area (Å²) in [6.07, 6.45) is 6.81. The van der Waals surface area contributed by atoms with E-state index in [1.807, 2.05) is 0 Å². The van der Waals surface area contributed by atoms with Crippen LogP contribution in [0.4, 0.5) is 5.82 Å². The highest BCUT2D eigenvalue weighted by Crippen LogP contribution is 2.37. The third-order valence-corrected chi connectivity index (χ3v) is 4.83. The number of rotatable bonds is 4. The minimum atomic E-state index is -0.427. The van der Waals surface area contributed by atoms with Crippen molar-refractivity contribution in [3.63, 3.8) is 0 Å². The topological polar surface area (TPSA) is 71.2 Å². The van der Waals surface area contributed by atoms with Crippen LogP contribution in [-0.2, 0) is 0 Å². The predicted octanol–water partition coefficient (Wildman–Crippen LogP) is 1.47. The van der Waals surface area contributed by atoms with Crippen LogP contribution in [0.3, 0.4) is 0 Å². The molecule has 108 valence electrons. The van der Waals surface area contributed by atoms with Crippen molar-refractivity contribution < 1.29 is 4.79 Å². The molecule has 1 aromatic heterocycles. The molecule has 1 aromatic rings. The Morgan fingerprint density at radius 1 is 1.45 bits per heavy atom. The Kier molecular flexibility index (Phi) is 3.61. The zero-order chi connectivity index (χ0) is 14.1. The summed E-state index contributed by atoms with van der Waals surface area (Å²) in [5.74, 6) is 0.849. The molecule has 2 fully saturated rings. The number of primary amides is 1. The van der Waals surface area contributed by atoms with Crippen LogP contribution in [0, 0.1) is 5.92 Å². The maximum absolute atomic E-state index is 11.4. The Balaban J connectivity index is 1.62. The molecule has 3 rings (SSSR count). The average molecular weight is 274 g/mol. The second kappa shape index (κ2) is 5.40. The van der Waals surface area contributed by atoms with Gasteiger partial charge in [-0.2, -0.15) is 0 Å². The Morgan fingerprint density at radius 3 is 2.80 bits per heavy atom. The lowest BCUT2D eigenvalue weighted by atomic mass is 9.91. The summed E-state index contributed by atoms with van der Waals surface area (Å²) in [7, 11) is 2.25. The number of aromatic nitrogens is 1. The summed E-state index contributed by atoms with van der Waals surface area (Å²) in [6.45, 7) is 0.873. The fraction of sp³-hybridized carbons (Fsp3) is 0.600. The number of carbonyl (C=O) groups is 1. The molecule has 20 heavy (non-hydrogen) atoms. The average Bonchev–Trinajstić information content (AvgIpc) is 2.66. The normalized spacial score (nSPS) is 29.4. The molecular formula is C15H22N4O. The number of nitrogens with zero attached hydrogens (tertiary/aromatic N) is 2. The van der Waals surface area contributed by atoms with Gasteiger partial charge in [0.15, 0.2) is 0 Å². The van der Waals surface area contributed by atoms with Crippen LogP contribution in [0.1, 0.15) is 36.0 Å². The summed E-state index contributed by atoms with van der Waals surface area (Å²) in [4.78, 5) is 18.1. The zero-order valence-corrected chi connectivity index (χ0v) is 11.9. The minimum Gasteiger partial charge on any atom is -0.369 e. The van der Waals surface area contributed by atoms with E-state index in [-0.39, 0.29) is 0 Å². The predicted molar refractivity (Wildman–Crippen MR) is 78.5 cm³/mol. The number of pyridine rings is 1. The quantitative estimate of drug-likeness (QED) is 0.872. The van der Waals surface area contributed by atoms with Gasteiger partial charge >= 0.3 is 0 Å². The number of piperidine rings is 1. The van der Waals surface area contributed by atoms with E-state index < -0.39 is 5.91 Å². The van der Waals surface area contributed by atoms with Crippen LogP contribution in [0.25, 0.3) is 0 Å². The fourth-order valence-electron chi connectivity index (χ4n) is 3.68. The fourth-order valence-corrected chi connectivity index (χ4v) is 3.68. The smallest absolute Gasteiger partial charge is 0.252 e. The molecule has 5 heteroatoms. The number of nitrogens with two attached hydrogens (primary N) is 1. The molecule has 2 atom stereocenters. The first kappa shape index (κ1) is 13.4. The maximum Gasteiger partial charge on any atom is 0.252 e. The summed E-state index contributed by atoms with van der Waals surface area (Å²) >= 11 is 0. The molecule has 1 amide bonds. The molecule has 5 nitrogen and oxygen atoms in total. The molecule has 0 aromatic carbocycles. The molecule has 2 saturated heterocycles. The highest BCUT2D eigenvalue weighted by atomic mass is 16.1. The van der Waals surface area contributed by atoms with Crippen LogP contribution in [0.2, 0.25) is 0 Å². The lowest BCUT2D eigenvalue weighted by Gasteiger charge is -2.36. The number of fused-ring (bicyclic) bond motifs is 2. The first-order valence-electron chi connectivity index (χ1n) is 7.35. The molecule has 0 radical (unpaired) electrons. The van der Waals surface area contributed by atoms with Crippen LogP contribution >= 0.6 is 0 Å². The van der Waals surface area contributed by atoms with E-state index in [1.165, 1.54) is 25.7 Å². The van der Waals surface area contributed by atoms with Gasteiger partial charge in [-0.05, 0) is 50.8 Å². The lowest BCUT2D eigenvalue weighted by Crippen LogP contribution is -2.41. The third kappa shape index (κ3) is 2.50. The summed E-state index contributed by atoms with van der Waals surface area (Å²) in [6, 6.07) is 4.93. The van der Waals surface area contributed by atoms with Crippen LogP contribution in [0.15, 0.2) is 18.3 Å². The van der Waals surface area contributed by atoms with Crippen molar-refractivity contribution >= 4 is 11.7 Å². The van der Waals surface area contributed by atoms with Crippen molar-refractivity contribution in [1.82, 2.24) is 9.88 Å². The summed E-state index contributed by atoms with van der Waals surface area (Å²) < 4.78 is 0. The van der Waals surface area contributed by atoms with Gasteiger partial charge in [0.1, 0.15) is 5.82 Å². The van der Waals surface area contributed by atoms with E-state index in [2.05, 4.69) is 22.2 Å². The van der Waals surface area contributed by atoms with Gasteiger partial charge in [0.25, 0.3) is 5.91 Å². The molecule has 0 saturated carbocycles. The van der Waals surface area contributed by atoms with Gasteiger partial charge in [0.2, 0.25) is 0 Å². The SMILES string of the molecule is CN1C2CCC1CC(CNc1ncccc1C(N)=O)C2. The molecule has 0 spiro atoms. The van der Waals surface area contributed by atoms with E-state index in [1.54, 1.807) is 18.3 Å². The number of amides is 1. The van der Waals surface area contributed by atoms with Crippen LogP contribution in [0.5, 0.6) is 0 Å². The number of carbonyl (C=O) groups excluding carboxylic acids is 1. The van der Waals surface area contributed by atoms with Crippen molar-refractivity contribution in [1.29, 1.82) is 0 Å². The Morgan fingerprint density at radius 2 is 2.15 bits per heavy atom. The number of nitrogens with one attached hydrogen (secondary N) is 1. The van der Waals surface area contributed by atoms with Crippen molar-refractivity contribution in [3.05, 3.63) is 23.9 Å². The Hall–Kier alpha value is -1.62. The second-order valence-corrected chi connectivity index (χ2v) is 6.03. The molecule has 3 N–H and O–H groups in total. The van der Waals surface area contributed by atoms with Crippen molar-refractivity contribution in [2.24, 2.45) is 11.7 Å². The lowest BCUT2D eigenvalue weighted by molar-refractivity contribution is 0.100. The van der Waals surface area contributed by atoms with E-state index in [4.69, 9.17) is 5.73 Å². The van der Waals surface area contributed by atoms with Crippen LogP contribution in [-0.4, -0.2) is 41.5 Å². The van der Waals surface area contributed by atoms with Gasteiger partial charge in [-0.3, -0.25) is 4.79 Å². The third-order valence-electron chi connectivity index (χ3n) is 4.83. The van der Waals surface area contributed by atoms with Crippen molar-refractivity contribution in [3.8, 4) is 0 Å². The van der Waals surface area contributed by atoms with E-state index in [9.17, 15) is 4.79 Å². The standard InChI is InChI=1S/C15H22N4O/c1-19-11-4-5-12(19)8-10(7-11)9-18-15-13(14(16)20)3-2-6-17-15/h2-3,6,10-12H,4-5,7-9H2,1H3,(H2,16,20)(H,17,18). The summed E-state index contributed by atoms with van der Waals surface area (Å²) in [5.41, 5.74) is 5.85. The highest BCUT2D eigenvalue weighted by molar-refractivity contribution is 5.97. The van der Waals surface area contributed by atoms with E-state index in [0.29, 0.717) is 17.3 Å². The summed E-state index contributed by atoms with van der Waals surface area (Å²) in [5, 5.41) is 3.32. The first-order valence-corrected chi connectivity index (χ1v) is 7.35. The van der Waals surface area contributed by atoms with E-state index >= 15 is 0 Å².